The van der Waals surface area contributed by atoms with Crippen LogP contribution in [0.5, 0.6) is 11.5 Å². The van der Waals surface area contributed by atoms with Crippen LogP contribution in [0.2, 0.25) is 0 Å². The molecule has 0 aromatic heterocycles. The van der Waals surface area contributed by atoms with Crippen LogP contribution in [-0.4, -0.2) is 12.8 Å². The fourth-order valence-electron chi connectivity index (χ4n) is 3.27. The molecule has 2 aliphatic rings. The molecule has 1 aromatic rings. The molecular weight excluding hydrogens is 288 g/mol. The first kappa shape index (κ1) is 15.5. The summed E-state index contributed by atoms with van der Waals surface area (Å²) < 4.78 is 39.0. The molecule has 1 fully saturated rings. The number of ether oxygens (including phenoxy) is 2. The Hall–Kier alpha value is -1.36. The lowest BCUT2D eigenvalue weighted by atomic mass is 9.83. The number of benzene rings is 1. The van der Waals surface area contributed by atoms with Crippen LogP contribution in [0.1, 0.15) is 44.6 Å². The van der Waals surface area contributed by atoms with Crippen LogP contribution in [0.25, 0.3) is 0 Å². The van der Waals surface area contributed by atoms with Crippen LogP contribution in [-0.2, 0) is 6.42 Å². The number of fused-ring (bicyclic) bond motifs is 1. The van der Waals surface area contributed by atoms with Crippen LogP contribution in [0.15, 0.2) is 6.07 Å². The molecule has 1 atom stereocenters. The molecule has 122 valence electrons. The summed E-state index contributed by atoms with van der Waals surface area (Å²) >= 11 is 0. The minimum Gasteiger partial charge on any atom is -0.490 e. The molecule has 1 unspecified atom stereocenters. The highest BCUT2D eigenvalue weighted by Gasteiger charge is 2.27. The van der Waals surface area contributed by atoms with Crippen LogP contribution in [0, 0.1) is 23.5 Å². The molecule has 1 aliphatic heterocycles. The zero-order valence-electron chi connectivity index (χ0n) is 12.9. The van der Waals surface area contributed by atoms with Gasteiger partial charge in [0, 0.05) is 12.0 Å². The van der Waals surface area contributed by atoms with Gasteiger partial charge in [0.1, 0.15) is 6.23 Å². The Bertz CT molecular complexity index is 542. The number of nitrogens with two attached hydrogens (primary N) is 1. The van der Waals surface area contributed by atoms with E-state index in [9.17, 15) is 8.78 Å². The van der Waals surface area contributed by atoms with Gasteiger partial charge in [0.2, 0.25) is 11.6 Å². The molecule has 1 aromatic carbocycles. The van der Waals surface area contributed by atoms with E-state index in [-0.39, 0.29) is 11.5 Å². The lowest BCUT2D eigenvalue weighted by Gasteiger charge is -2.27. The van der Waals surface area contributed by atoms with Crippen molar-refractivity contribution in [3.63, 3.8) is 0 Å². The average Bonchev–Trinajstić information content (AvgIpc) is 2.52. The lowest BCUT2D eigenvalue weighted by molar-refractivity contribution is 0.162. The quantitative estimate of drug-likeness (QED) is 0.924. The molecule has 1 aliphatic carbocycles. The second-order valence-electron chi connectivity index (χ2n) is 6.62. The predicted octanol–water partition coefficient (Wildman–Crippen LogP) is 3.78. The SMILES string of the molecule is CC1CCC(COc2cc3c(c(F)c2F)OC(N)CC3)CC1. The number of hydrogen-bond acceptors (Lipinski definition) is 3. The molecule has 0 amide bonds. The zero-order chi connectivity index (χ0) is 15.7. The van der Waals surface area contributed by atoms with Crippen molar-refractivity contribution in [1.82, 2.24) is 0 Å². The maximum absolute atomic E-state index is 14.1. The number of aryl methyl sites for hydroxylation is 1. The van der Waals surface area contributed by atoms with Gasteiger partial charge >= 0.3 is 0 Å². The highest BCUT2D eigenvalue weighted by Crippen LogP contribution is 2.36. The monoisotopic (exact) mass is 311 g/mol. The zero-order valence-corrected chi connectivity index (χ0v) is 12.9. The van der Waals surface area contributed by atoms with Crippen molar-refractivity contribution in [1.29, 1.82) is 0 Å². The summed E-state index contributed by atoms with van der Waals surface area (Å²) in [4.78, 5) is 0. The number of halogens is 2. The van der Waals surface area contributed by atoms with Crippen molar-refractivity contribution in [2.75, 3.05) is 6.61 Å². The van der Waals surface area contributed by atoms with E-state index in [1.807, 2.05) is 0 Å². The normalized spacial score (nSPS) is 27.9. The fourth-order valence-corrected chi connectivity index (χ4v) is 3.27. The fraction of sp³-hybridized carbons (Fsp3) is 0.647. The summed E-state index contributed by atoms with van der Waals surface area (Å²) in [7, 11) is 0. The standard InChI is InChI=1S/C17H23F2NO2/c1-10-2-4-11(5-3-10)9-21-13-8-12-6-7-14(20)22-17(12)16(19)15(13)18/h8,10-11,14H,2-7,9,20H2,1H3. The summed E-state index contributed by atoms with van der Waals surface area (Å²) in [5.41, 5.74) is 6.26. The number of hydrogen-bond donors (Lipinski definition) is 1. The molecule has 3 rings (SSSR count). The van der Waals surface area contributed by atoms with Crippen molar-refractivity contribution in [2.24, 2.45) is 17.6 Å². The number of rotatable bonds is 3. The van der Waals surface area contributed by atoms with E-state index in [2.05, 4.69) is 6.92 Å². The minimum absolute atomic E-state index is 0.00561. The molecule has 0 radical (unpaired) electrons. The Kier molecular flexibility index (Phi) is 4.52. The van der Waals surface area contributed by atoms with Gasteiger partial charge in [0.05, 0.1) is 6.61 Å². The van der Waals surface area contributed by atoms with Gasteiger partial charge in [-0.1, -0.05) is 19.8 Å². The van der Waals surface area contributed by atoms with E-state index in [0.717, 1.165) is 18.8 Å². The van der Waals surface area contributed by atoms with Gasteiger partial charge in [-0.2, -0.15) is 8.78 Å². The molecule has 5 heteroatoms. The molecule has 0 saturated heterocycles. The smallest absolute Gasteiger partial charge is 0.204 e. The second kappa shape index (κ2) is 6.41. The van der Waals surface area contributed by atoms with E-state index in [4.69, 9.17) is 15.2 Å². The van der Waals surface area contributed by atoms with Gasteiger partial charge in [0.25, 0.3) is 0 Å². The largest absolute Gasteiger partial charge is 0.490 e. The molecule has 2 N–H and O–H groups in total. The van der Waals surface area contributed by atoms with Gasteiger partial charge in [-0.05, 0) is 37.2 Å². The molecule has 1 heterocycles. The van der Waals surface area contributed by atoms with Crippen molar-refractivity contribution in [3.05, 3.63) is 23.3 Å². The minimum atomic E-state index is -0.986. The van der Waals surface area contributed by atoms with E-state index in [1.165, 1.54) is 12.8 Å². The van der Waals surface area contributed by atoms with Gasteiger partial charge in [0.15, 0.2) is 11.5 Å². The average molecular weight is 311 g/mol. The summed E-state index contributed by atoms with van der Waals surface area (Å²) in [6.45, 7) is 2.70. The van der Waals surface area contributed by atoms with Gasteiger partial charge in [-0.3, -0.25) is 5.73 Å². The van der Waals surface area contributed by atoms with Crippen LogP contribution in [0.4, 0.5) is 8.78 Å². The van der Waals surface area contributed by atoms with Crippen LogP contribution < -0.4 is 15.2 Å². The van der Waals surface area contributed by atoms with Gasteiger partial charge in [-0.25, -0.2) is 0 Å². The Balaban J connectivity index is 1.70. The highest BCUT2D eigenvalue weighted by molar-refractivity contribution is 5.44. The van der Waals surface area contributed by atoms with E-state index < -0.39 is 17.9 Å². The third kappa shape index (κ3) is 3.19. The Morgan fingerprint density at radius 1 is 1.18 bits per heavy atom. The Morgan fingerprint density at radius 2 is 1.91 bits per heavy atom. The van der Waals surface area contributed by atoms with Crippen molar-refractivity contribution in [2.45, 2.75) is 51.7 Å². The molecular formula is C17H23F2NO2. The van der Waals surface area contributed by atoms with E-state index in [0.29, 0.717) is 30.9 Å². The summed E-state index contributed by atoms with van der Waals surface area (Å²) in [6.07, 6.45) is 5.14. The maximum Gasteiger partial charge on any atom is 0.204 e. The van der Waals surface area contributed by atoms with E-state index >= 15 is 0 Å². The summed E-state index contributed by atoms with van der Waals surface area (Å²) in [6, 6.07) is 1.56. The predicted molar refractivity (Wildman–Crippen MR) is 79.9 cm³/mol. The van der Waals surface area contributed by atoms with Crippen molar-refractivity contribution in [3.8, 4) is 11.5 Å². The third-order valence-corrected chi connectivity index (χ3v) is 4.78. The van der Waals surface area contributed by atoms with Gasteiger partial charge in [-0.15, -0.1) is 0 Å². The van der Waals surface area contributed by atoms with Crippen molar-refractivity contribution < 1.29 is 18.3 Å². The van der Waals surface area contributed by atoms with E-state index in [1.54, 1.807) is 6.07 Å². The van der Waals surface area contributed by atoms with Crippen LogP contribution >= 0.6 is 0 Å². The van der Waals surface area contributed by atoms with Crippen LogP contribution in [0.3, 0.4) is 0 Å². The first-order valence-corrected chi connectivity index (χ1v) is 8.10. The van der Waals surface area contributed by atoms with Crippen molar-refractivity contribution >= 4 is 0 Å². The van der Waals surface area contributed by atoms with Gasteiger partial charge < -0.3 is 9.47 Å². The molecule has 0 spiro atoms. The summed E-state index contributed by atoms with van der Waals surface area (Å²) in [5, 5.41) is 0. The Morgan fingerprint density at radius 3 is 2.64 bits per heavy atom. The highest BCUT2D eigenvalue weighted by atomic mass is 19.2. The first-order valence-electron chi connectivity index (χ1n) is 8.10. The molecule has 0 bridgehead atoms. The summed E-state index contributed by atoms with van der Waals surface area (Å²) in [5.74, 6) is -0.837. The Labute approximate surface area is 129 Å². The third-order valence-electron chi connectivity index (χ3n) is 4.78. The molecule has 22 heavy (non-hydrogen) atoms. The molecule has 3 nitrogen and oxygen atoms in total. The maximum atomic E-state index is 14.1. The second-order valence-corrected chi connectivity index (χ2v) is 6.62. The first-order chi connectivity index (χ1) is 10.5. The lowest BCUT2D eigenvalue weighted by Crippen LogP contribution is -2.32. The molecule has 1 saturated carbocycles. The topological polar surface area (TPSA) is 44.5 Å².